The molecule has 4 N–H and O–H groups in total. The highest BCUT2D eigenvalue weighted by Gasteiger charge is 2.51. The Hall–Kier alpha value is -6.00. The van der Waals surface area contributed by atoms with Crippen LogP contribution in [0.4, 0.5) is 4.39 Å². The Bertz CT molecular complexity index is 2670. The highest BCUT2D eigenvalue weighted by Crippen LogP contribution is 2.44. The van der Waals surface area contributed by atoms with E-state index in [9.17, 15) is 28.8 Å². The van der Waals surface area contributed by atoms with E-state index in [0.717, 1.165) is 82.7 Å². The van der Waals surface area contributed by atoms with Gasteiger partial charge in [-0.2, -0.15) is 5.10 Å². The Balaban J connectivity index is 0.689. The summed E-state index contributed by atoms with van der Waals surface area (Å²) in [4.78, 5) is 85.8. The third-order valence-corrected chi connectivity index (χ3v) is 16.2. The summed E-state index contributed by atoms with van der Waals surface area (Å²) in [5.74, 6) is -0.899. The van der Waals surface area contributed by atoms with Gasteiger partial charge in [0.15, 0.2) is 0 Å². The number of likely N-dealkylation sites (tertiary alicyclic amines) is 1. The molecular formula is C54H65FN8O7. The van der Waals surface area contributed by atoms with Gasteiger partial charge in [-0.15, -0.1) is 0 Å². The second-order valence-electron chi connectivity index (χ2n) is 20.9. The van der Waals surface area contributed by atoms with Crippen molar-refractivity contribution in [2.45, 2.75) is 113 Å². The van der Waals surface area contributed by atoms with Crippen LogP contribution in [0.1, 0.15) is 127 Å². The molecule has 1 unspecified atom stereocenters. The number of nitrogens with one attached hydrogen (secondary N) is 4. The Morgan fingerprint density at radius 2 is 1.56 bits per heavy atom. The molecule has 3 aromatic carbocycles. The molecule has 2 atom stereocenters. The van der Waals surface area contributed by atoms with Crippen LogP contribution in [0.2, 0.25) is 0 Å². The number of hydrogen-bond acceptors (Lipinski definition) is 9. The average molecular weight is 957 g/mol. The van der Waals surface area contributed by atoms with Crippen LogP contribution in [-0.4, -0.2) is 131 Å². The van der Waals surface area contributed by atoms with Gasteiger partial charge in [-0.1, -0.05) is 55.7 Å². The van der Waals surface area contributed by atoms with Gasteiger partial charge in [0.1, 0.15) is 11.9 Å². The fourth-order valence-corrected chi connectivity index (χ4v) is 11.7. The van der Waals surface area contributed by atoms with Crippen LogP contribution < -0.4 is 21.5 Å². The van der Waals surface area contributed by atoms with E-state index in [0.29, 0.717) is 79.6 Å². The number of fused-ring (bicyclic) bond motifs is 4. The van der Waals surface area contributed by atoms with Crippen molar-refractivity contribution in [3.63, 3.8) is 0 Å². The molecule has 16 heteroatoms. The molecular weight excluding hydrogens is 892 g/mol. The van der Waals surface area contributed by atoms with Crippen LogP contribution in [-0.2, 0) is 25.5 Å². The van der Waals surface area contributed by atoms with Crippen LogP contribution >= 0.6 is 0 Å². The summed E-state index contributed by atoms with van der Waals surface area (Å²) in [6.07, 6.45) is 12.0. The SMILES string of the molecule is O=C(N[C@@H](C(=O)NC12CCC(CNCC(=O)N3CCN(C(=O)c4cc(Cc5n[nH]c(=O)c6ccccc56)ccc4F)CC3)(CC1)OC2)C1CCCCC1)c1cccc(C2CCCN(C(=O)C3CC3)C2)c1. The molecule has 0 radical (unpaired) electrons. The maximum Gasteiger partial charge on any atom is 0.272 e. The van der Waals surface area contributed by atoms with Crippen molar-refractivity contribution in [1.29, 1.82) is 0 Å². The first kappa shape index (κ1) is 47.7. The Kier molecular flexibility index (Phi) is 13.9. The van der Waals surface area contributed by atoms with Crippen LogP contribution in [0.3, 0.4) is 0 Å². The molecule has 7 aliphatic rings. The van der Waals surface area contributed by atoms with Gasteiger partial charge in [0, 0.05) is 75.0 Å². The standard InChI is InChI=1S/C54H65FN8O7/c55-44-18-15-35(29-45-41-13-4-5-14-42(41)49(66)60-59-45)28-43(44)52(69)62-26-24-61(25-27-62)46(64)31-56-33-54-21-19-53(20-22-54,34-70-54)58-50(67)47(36-8-2-1-3-9-36)57-48(65)39-11-6-10-38(30-39)40-12-7-23-63(32-40)51(68)37-16-17-37/h4-6,10-11,13-15,18,28,30,36-37,40,47,56H,1-3,7-9,12,16-17,19-27,29,31-34H2,(H,57,65)(H,58,67)(H,60,66)/t40?,47-,53?,54?/m1/s1. The maximum absolute atomic E-state index is 15.1. The third kappa shape index (κ3) is 10.4. The van der Waals surface area contributed by atoms with Gasteiger partial charge in [0.2, 0.25) is 17.7 Å². The van der Waals surface area contributed by atoms with Gasteiger partial charge in [0.25, 0.3) is 17.4 Å². The number of H-pyrrole nitrogens is 1. The molecule has 11 rings (SSSR count). The topological polar surface area (TPSA) is 186 Å². The molecule has 2 bridgehead atoms. The minimum atomic E-state index is -0.667. The van der Waals surface area contributed by atoms with Gasteiger partial charge in [0.05, 0.1) is 40.9 Å². The molecule has 70 heavy (non-hydrogen) atoms. The van der Waals surface area contributed by atoms with Crippen molar-refractivity contribution in [3.8, 4) is 0 Å². The van der Waals surface area contributed by atoms with E-state index in [2.05, 4.69) is 32.2 Å². The number of aromatic nitrogens is 2. The zero-order valence-electron chi connectivity index (χ0n) is 39.9. The van der Waals surface area contributed by atoms with Crippen LogP contribution in [0.15, 0.2) is 71.5 Å². The summed E-state index contributed by atoms with van der Waals surface area (Å²) in [7, 11) is 0. The molecule has 3 aliphatic carbocycles. The number of piperidine rings is 1. The van der Waals surface area contributed by atoms with E-state index in [1.54, 1.807) is 34.1 Å². The lowest BCUT2D eigenvalue weighted by Crippen LogP contribution is -2.67. The molecule has 4 aliphatic heterocycles. The Labute approximate surface area is 407 Å². The van der Waals surface area contributed by atoms with Gasteiger partial charge < -0.3 is 35.4 Å². The van der Waals surface area contributed by atoms with Gasteiger partial charge in [-0.25, -0.2) is 9.49 Å². The Morgan fingerprint density at radius 1 is 0.800 bits per heavy atom. The number of aromatic amines is 1. The van der Waals surface area contributed by atoms with Crippen molar-refractivity contribution in [1.82, 2.24) is 40.8 Å². The molecule has 7 fully saturated rings. The Morgan fingerprint density at radius 3 is 2.30 bits per heavy atom. The predicted molar refractivity (Wildman–Crippen MR) is 260 cm³/mol. The number of ether oxygens (including phenoxy) is 1. The monoisotopic (exact) mass is 956 g/mol. The smallest absolute Gasteiger partial charge is 0.272 e. The summed E-state index contributed by atoms with van der Waals surface area (Å²) in [5.41, 5.74) is 1.55. The summed E-state index contributed by atoms with van der Waals surface area (Å²) in [5, 5.41) is 17.9. The number of hydrogen-bond donors (Lipinski definition) is 4. The number of carbonyl (C=O) groups excluding carboxylic acids is 5. The first-order valence-corrected chi connectivity index (χ1v) is 25.6. The van der Waals surface area contributed by atoms with E-state index in [1.807, 2.05) is 35.2 Å². The largest absolute Gasteiger partial charge is 0.371 e. The minimum absolute atomic E-state index is 0.0375. The molecule has 3 saturated carbocycles. The van der Waals surface area contributed by atoms with Crippen molar-refractivity contribution < 1.29 is 33.1 Å². The molecule has 4 aromatic rings. The van der Waals surface area contributed by atoms with E-state index >= 15 is 4.39 Å². The number of piperazine rings is 1. The molecule has 5 amide bonds. The zero-order valence-corrected chi connectivity index (χ0v) is 39.9. The summed E-state index contributed by atoms with van der Waals surface area (Å²) < 4.78 is 21.6. The van der Waals surface area contributed by atoms with Crippen molar-refractivity contribution in [3.05, 3.63) is 111 Å². The molecule has 370 valence electrons. The lowest BCUT2D eigenvalue weighted by molar-refractivity contribution is -0.166. The lowest BCUT2D eigenvalue weighted by atomic mass is 9.70. The lowest BCUT2D eigenvalue weighted by Gasteiger charge is -2.53. The second kappa shape index (κ2) is 20.4. The summed E-state index contributed by atoms with van der Waals surface area (Å²) >= 11 is 0. The van der Waals surface area contributed by atoms with Crippen LogP contribution in [0.25, 0.3) is 10.8 Å². The van der Waals surface area contributed by atoms with E-state index in [4.69, 9.17) is 4.74 Å². The normalized spacial score (nSPS) is 24.3. The number of nitrogens with zero attached hydrogens (tertiary/aromatic N) is 4. The fourth-order valence-electron chi connectivity index (χ4n) is 11.7. The second-order valence-corrected chi connectivity index (χ2v) is 20.9. The highest BCUT2D eigenvalue weighted by atomic mass is 19.1. The van der Waals surface area contributed by atoms with E-state index < -0.39 is 28.9 Å². The minimum Gasteiger partial charge on any atom is -0.371 e. The fraction of sp³-hybridized carbons (Fsp3) is 0.537. The van der Waals surface area contributed by atoms with Crippen molar-refractivity contribution in [2.75, 3.05) is 59.0 Å². The van der Waals surface area contributed by atoms with Crippen molar-refractivity contribution in [2.24, 2.45) is 11.8 Å². The molecule has 1 aromatic heterocycles. The number of rotatable bonds is 14. The number of carbonyl (C=O) groups is 5. The average Bonchev–Trinajstić information content (AvgIpc) is 4.26. The number of amides is 5. The summed E-state index contributed by atoms with van der Waals surface area (Å²) in [6, 6.07) is 18.6. The van der Waals surface area contributed by atoms with E-state index in [-0.39, 0.29) is 72.1 Å². The predicted octanol–water partition coefficient (Wildman–Crippen LogP) is 5.22. The quantitative estimate of drug-likeness (QED) is 0.132. The van der Waals surface area contributed by atoms with Crippen molar-refractivity contribution >= 4 is 40.3 Å². The first-order chi connectivity index (χ1) is 34.0. The van der Waals surface area contributed by atoms with Crippen LogP contribution in [0, 0.1) is 17.7 Å². The molecule has 4 saturated heterocycles. The molecule has 15 nitrogen and oxygen atoms in total. The molecule has 5 heterocycles. The van der Waals surface area contributed by atoms with Crippen LogP contribution in [0.5, 0.6) is 0 Å². The maximum atomic E-state index is 15.1. The number of benzene rings is 3. The highest BCUT2D eigenvalue weighted by molar-refractivity contribution is 5.98. The number of halogens is 1. The van der Waals surface area contributed by atoms with Gasteiger partial charge in [-0.3, -0.25) is 28.8 Å². The van der Waals surface area contributed by atoms with Gasteiger partial charge >= 0.3 is 0 Å². The van der Waals surface area contributed by atoms with Gasteiger partial charge in [-0.05, 0) is 112 Å². The summed E-state index contributed by atoms with van der Waals surface area (Å²) in [6.45, 7) is 3.60. The first-order valence-electron chi connectivity index (χ1n) is 25.6. The zero-order chi connectivity index (χ0) is 48.4. The molecule has 0 spiro atoms. The van der Waals surface area contributed by atoms with E-state index in [1.165, 1.54) is 6.07 Å². The third-order valence-electron chi connectivity index (χ3n) is 16.2.